The Bertz CT molecular complexity index is 1510. The van der Waals surface area contributed by atoms with Gasteiger partial charge in [0.2, 0.25) is 0 Å². The molecule has 0 bridgehead atoms. The Labute approximate surface area is 194 Å². The first-order chi connectivity index (χ1) is 16.0. The number of nitrogen functional groups attached to an aromatic ring is 1. The van der Waals surface area contributed by atoms with Crippen molar-refractivity contribution in [2.45, 2.75) is 19.9 Å². The van der Waals surface area contributed by atoms with Crippen LogP contribution in [0.2, 0.25) is 5.02 Å². The summed E-state index contributed by atoms with van der Waals surface area (Å²) in [6, 6.07) is 13.2. The van der Waals surface area contributed by atoms with Crippen molar-refractivity contribution in [2.24, 2.45) is 0 Å². The Morgan fingerprint density at radius 1 is 1.15 bits per heavy atom. The molecule has 9 heteroatoms. The highest BCUT2D eigenvalue weighted by molar-refractivity contribution is 6.31. The van der Waals surface area contributed by atoms with E-state index in [1.54, 1.807) is 28.9 Å². The second-order valence-electron chi connectivity index (χ2n) is 7.82. The summed E-state index contributed by atoms with van der Waals surface area (Å²) in [4.78, 5) is 29.1. The van der Waals surface area contributed by atoms with Gasteiger partial charge in [0, 0.05) is 41.5 Å². The topological polar surface area (TPSA) is 114 Å². The molecule has 164 valence electrons. The quantitative estimate of drug-likeness (QED) is 0.350. The maximum atomic E-state index is 12.7. The third-order valence-electron chi connectivity index (χ3n) is 5.41. The van der Waals surface area contributed by atoms with Gasteiger partial charge in [-0.05, 0) is 42.8 Å². The van der Waals surface area contributed by atoms with Crippen molar-refractivity contribution in [3.63, 3.8) is 0 Å². The Morgan fingerprint density at radius 2 is 2.03 bits per heavy atom. The van der Waals surface area contributed by atoms with Gasteiger partial charge in [-0.25, -0.2) is 0 Å². The average Bonchev–Trinajstić information content (AvgIpc) is 3.10. The van der Waals surface area contributed by atoms with Crippen LogP contribution in [0, 0.1) is 6.92 Å². The van der Waals surface area contributed by atoms with Gasteiger partial charge in [-0.15, -0.1) is 4.98 Å². The minimum Gasteiger partial charge on any atom is -0.345 e. The zero-order valence-electron chi connectivity index (χ0n) is 17.8. The van der Waals surface area contributed by atoms with Crippen LogP contribution in [-0.4, -0.2) is 25.8 Å². The minimum atomic E-state index is -0.187. The third kappa shape index (κ3) is 4.33. The summed E-state index contributed by atoms with van der Waals surface area (Å²) in [5, 5.41) is 4.49. The second kappa shape index (κ2) is 8.48. The lowest BCUT2D eigenvalue weighted by atomic mass is 10.0. The fraction of sp³-hybridized carbons (Fsp3) is 0.125. The van der Waals surface area contributed by atoms with Gasteiger partial charge in [-0.2, -0.15) is 4.40 Å². The number of fused-ring (bicyclic) bond motifs is 2. The molecule has 4 N–H and O–H groups in total. The number of halogens is 1. The molecule has 0 radical (unpaired) electrons. The molecule has 4 aromatic heterocycles. The van der Waals surface area contributed by atoms with Crippen LogP contribution in [0.3, 0.4) is 0 Å². The Morgan fingerprint density at radius 3 is 2.91 bits per heavy atom. The lowest BCUT2D eigenvalue weighted by molar-refractivity contribution is -0.497. The summed E-state index contributed by atoms with van der Waals surface area (Å²) >= 11 is 6.07. The van der Waals surface area contributed by atoms with Crippen molar-refractivity contribution < 1.29 is 9.20 Å². The van der Waals surface area contributed by atoms with Gasteiger partial charge >= 0.3 is 5.95 Å². The fourth-order valence-corrected chi connectivity index (χ4v) is 3.95. The highest BCUT2D eigenvalue weighted by Gasteiger charge is 2.14. The number of hydrogen-bond acceptors (Lipinski definition) is 5. The summed E-state index contributed by atoms with van der Waals surface area (Å²) in [5.74, 6) is 0.327. The number of hydrogen-bond donors (Lipinski definition) is 3. The molecule has 0 aliphatic rings. The molecular weight excluding hydrogens is 438 g/mol. The molecule has 0 saturated heterocycles. The van der Waals surface area contributed by atoms with Gasteiger partial charge in [0.15, 0.2) is 0 Å². The molecule has 0 fully saturated rings. The van der Waals surface area contributed by atoms with E-state index in [4.69, 9.17) is 17.3 Å². The van der Waals surface area contributed by atoms with E-state index in [1.165, 1.54) is 0 Å². The van der Waals surface area contributed by atoms with Crippen LogP contribution in [0.25, 0.3) is 16.6 Å². The van der Waals surface area contributed by atoms with Crippen LogP contribution in [0.1, 0.15) is 33.0 Å². The van der Waals surface area contributed by atoms with Crippen molar-refractivity contribution in [3.05, 3.63) is 94.3 Å². The number of carbonyl (C=O) groups excluding carboxylic acids is 1. The molecule has 1 aromatic carbocycles. The number of aromatic nitrogens is 5. The van der Waals surface area contributed by atoms with E-state index < -0.39 is 0 Å². The van der Waals surface area contributed by atoms with Crippen molar-refractivity contribution in [1.82, 2.24) is 25.3 Å². The number of anilines is 1. The number of amides is 1. The summed E-state index contributed by atoms with van der Waals surface area (Å²) < 4.78 is 1.77. The molecule has 8 nitrogen and oxygen atoms in total. The summed E-state index contributed by atoms with van der Waals surface area (Å²) in [7, 11) is 0. The van der Waals surface area contributed by atoms with E-state index in [0.717, 1.165) is 39.2 Å². The molecule has 0 aliphatic heterocycles. The van der Waals surface area contributed by atoms with Crippen LogP contribution in [-0.2, 0) is 13.0 Å². The number of nitrogens with two attached hydrogens (primary N) is 1. The number of imidazole rings is 1. The number of nitrogens with one attached hydrogen (secondary N) is 2. The van der Waals surface area contributed by atoms with E-state index in [-0.39, 0.29) is 5.91 Å². The van der Waals surface area contributed by atoms with Gasteiger partial charge in [0.25, 0.3) is 11.6 Å². The molecule has 1 amide bonds. The fourth-order valence-electron chi connectivity index (χ4n) is 3.79. The smallest absolute Gasteiger partial charge is 0.316 e. The zero-order chi connectivity index (χ0) is 22.9. The van der Waals surface area contributed by atoms with E-state index in [0.29, 0.717) is 29.5 Å². The highest BCUT2D eigenvalue weighted by atomic mass is 35.5. The van der Waals surface area contributed by atoms with Crippen molar-refractivity contribution in [3.8, 4) is 0 Å². The predicted molar refractivity (Wildman–Crippen MR) is 126 cm³/mol. The van der Waals surface area contributed by atoms with Gasteiger partial charge in [0.1, 0.15) is 11.4 Å². The lowest BCUT2D eigenvalue weighted by Gasteiger charge is -2.07. The number of aryl methyl sites for hydroxylation is 1. The normalized spacial score (nSPS) is 11.2. The number of pyridine rings is 2. The third-order valence-corrected chi connectivity index (χ3v) is 5.62. The first kappa shape index (κ1) is 20.8. The predicted octanol–water partition coefficient (Wildman–Crippen LogP) is 3.16. The number of benzene rings is 1. The maximum absolute atomic E-state index is 12.7. The summed E-state index contributed by atoms with van der Waals surface area (Å²) in [6.45, 7) is 2.20. The van der Waals surface area contributed by atoms with Gasteiger partial charge in [-0.1, -0.05) is 17.7 Å². The van der Waals surface area contributed by atoms with E-state index in [9.17, 15) is 4.79 Å². The van der Waals surface area contributed by atoms with Gasteiger partial charge in [0.05, 0.1) is 23.3 Å². The Hall–Kier alpha value is -4.04. The maximum Gasteiger partial charge on any atom is 0.316 e. The molecule has 5 aromatic rings. The molecular formula is C24H21ClN7O+. The zero-order valence-corrected chi connectivity index (χ0v) is 18.6. The highest BCUT2D eigenvalue weighted by Crippen LogP contribution is 2.20. The second-order valence-corrected chi connectivity index (χ2v) is 8.26. The summed E-state index contributed by atoms with van der Waals surface area (Å²) in [6.07, 6.45) is 5.71. The molecule has 0 saturated carbocycles. The molecule has 0 unspecified atom stereocenters. The summed E-state index contributed by atoms with van der Waals surface area (Å²) in [5.41, 5.74) is 11.5. The SMILES string of the molecule is Cc1[nH]c(N)[n+]2ccc(CNC(=O)c3ccnc(Cc4ccc5ncc(Cl)cc5c4)c3)nc12. The number of H-pyrrole nitrogens is 1. The molecule has 0 aliphatic carbocycles. The van der Waals surface area contributed by atoms with Crippen LogP contribution < -0.4 is 15.5 Å². The van der Waals surface area contributed by atoms with Crippen LogP contribution >= 0.6 is 11.6 Å². The van der Waals surface area contributed by atoms with Crippen LogP contribution in [0.5, 0.6) is 0 Å². The van der Waals surface area contributed by atoms with Crippen molar-refractivity contribution >= 4 is 40.0 Å². The first-order valence-corrected chi connectivity index (χ1v) is 10.8. The van der Waals surface area contributed by atoms with E-state index in [2.05, 4.69) is 25.3 Å². The Kier molecular flexibility index (Phi) is 5.35. The monoisotopic (exact) mass is 458 g/mol. The largest absolute Gasteiger partial charge is 0.345 e. The molecule has 4 heterocycles. The number of carbonyl (C=O) groups is 1. The van der Waals surface area contributed by atoms with Crippen LogP contribution in [0.4, 0.5) is 5.95 Å². The van der Waals surface area contributed by atoms with Gasteiger partial charge < -0.3 is 11.1 Å². The molecule has 33 heavy (non-hydrogen) atoms. The molecule has 0 spiro atoms. The van der Waals surface area contributed by atoms with E-state index >= 15 is 0 Å². The number of rotatable bonds is 5. The average molecular weight is 459 g/mol. The lowest BCUT2D eigenvalue weighted by Crippen LogP contribution is -2.27. The Balaban J connectivity index is 1.29. The standard InChI is InChI=1S/C24H20ClN7O/c1-14-22-31-19(5-7-32(22)24(26)30-14)13-29-23(33)16-4-6-27-20(11-16)9-15-2-3-21-17(8-15)10-18(25)12-28-21/h2-8,10-12H,9,13H2,1H3,(H3,26,29,30,33)/p+1. The number of nitrogens with zero attached hydrogens (tertiary/aromatic N) is 4. The molecule has 5 rings (SSSR count). The van der Waals surface area contributed by atoms with E-state index in [1.807, 2.05) is 43.5 Å². The first-order valence-electron chi connectivity index (χ1n) is 10.4. The van der Waals surface area contributed by atoms with Crippen molar-refractivity contribution in [1.29, 1.82) is 0 Å². The van der Waals surface area contributed by atoms with Gasteiger partial charge in [-0.3, -0.25) is 19.7 Å². The van der Waals surface area contributed by atoms with Crippen molar-refractivity contribution in [2.75, 3.05) is 5.73 Å². The van der Waals surface area contributed by atoms with Crippen LogP contribution in [0.15, 0.2) is 61.1 Å². The number of aromatic amines is 1. The minimum absolute atomic E-state index is 0.187. The molecule has 0 atom stereocenters.